The largest absolute Gasteiger partial charge is 0.508 e. The number of hydrogen-bond acceptors (Lipinski definition) is 6. The van der Waals surface area contributed by atoms with Crippen molar-refractivity contribution in [2.75, 3.05) is 31.6 Å². The third-order valence-corrected chi connectivity index (χ3v) is 4.71. The van der Waals surface area contributed by atoms with E-state index in [1.54, 1.807) is 7.11 Å². The van der Waals surface area contributed by atoms with Crippen LogP contribution in [0.2, 0.25) is 0 Å². The maximum absolute atomic E-state index is 11.1. The number of benzene rings is 2. The van der Waals surface area contributed by atoms with Gasteiger partial charge in [-0.2, -0.15) is 0 Å². The van der Waals surface area contributed by atoms with E-state index in [1.165, 1.54) is 18.2 Å². The molecule has 1 saturated heterocycles. The van der Waals surface area contributed by atoms with Crippen molar-refractivity contribution in [2.24, 2.45) is 5.92 Å². The number of nitro benzene ring substituents is 1. The predicted octanol–water partition coefficient (Wildman–Crippen LogP) is 2.93. The molecular formula is C19H23N3O4. The molecular weight excluding hydrogens is 334 g/mol. The predicted molar refractivity (Wildman–Crippen MR) is 99.8 cm³/mol. The summed E-state index contributed by atoms with van der Waals surface area (Å²) in [5.74, 6) is 1.36. The van der Waals surface area contributed by atoms with Crippen molar-refractivity contribution in [3.8, 4) is 11.5 Å². The van der Waals surface area contributed by atoms with Crippen LogP contribution >= 0.6 is 0 Å². The molecule has 0 saturated carbocycles. The lowest BCUT2D eigenvalue weighted by Gasteiger charge is -2.19. The zero-order valence-electron chi connectivity index (χ0n) is 14.7. The molecule has 1 fully saturated rings. The highest BCUT2D eigenvalue weighted by Gasteiger charge is 2.23. The summed E-state index contributed by atoms with van der Waals surface area (Å²) in [6.07, 6.45) is 1.06. The minimum Gasteiger partial charge on any atom is -0.508 e. The van der Waals surface area contributed by atoms with Crippen molar-refractivity contribution in [1.82, 2.24) is 5.32 Å². The first-order valence-corrected chi connectivity index (χ1v) is 8.63. The molecule has 0 radical (unpaired) electrons. The van der Waals surface area contributed by atoms with Gasteiger partial charge in [-0.25, -0.2) is 0 Å². The number of aromatic hydroxyl groups is 1. The van der Waals surface area contributed by atoms with E-state index in [9.17, 15) is 15.2 Å². The first kappa shape index (κ1) is 18.0. The van der Waals surface area contributed by atoms with Gasteiger partial charge in [0.1, 0.15) is 11.5 Å². The second-order valence-corrected chi connectivity index (χ2v) is 6.50. The monoisotopic (exact) mass is 357 g/mol. The van der Waals surface area contributed by atoms with Gasteiger partial charge in [0.2, 0.25) is 0 Å². The van der Waals surface area contributed by atoms with Gasteiger partial charge in [-0.15, -0.1) is 0 Å². The number of nitrogens with one attached hydrogen (secondary N) is 1. The van der Waals surface area contributed by atoms with E-state index < -0.39 is 4.92 Å². The number of nitro groups is 1. The third-order valence-electron chi connectivity index (χ3n) is 4.71. The zero-order chi connectivity index (χ0) is 18.5. The highest BCUT2D eigenvalue weighted by molar-refractivity contribution is 5.51. The summed E-state index contributed by atoms with van der Waals surface area (Å²) < 4.78 is 5.28. The van der Waals surface area contributed by atoms with Crippen LogP contribution in [0.4, 0.5) is 11.4 Å². The smallest absolute Gasteiger partial charge is 0.274 e. The van der Waals surface area contributed by atoms with E-state index in [0.29, 0.717) is 18.0 Å². The average Bonchev–Trinajstić information content (AvgIpc) is 3.10. The molecule has 1 aliphatic rings. The molecule has 1 heterocycles. The third kappa shape index (κ3) is 4.23. The Bertz CT molecular complexity index is 781. The van der Waals surface area contributed by atoms with Crippen molar-refractivity contribution in [3.05, 3.63) is 58.1 Å². The molecule has 138 valence electrons. The summed E-state index contributed by atoms with van der Waals surface area (Å²) in [4.78, 5) is 13.0. The van der Waals surface area contributed by atoms with Gasteiger partial charge in [0.25, 0.3) is 5.69 Å². The Morgan fingerprint density at radius 3 is 2.96 bits per heavy atom. The minimum atomic E-state index is -0.420. The van der Waals surface area contributed by atoms with E-state index in [2.05, 4.69) is 16.3 Å². The van der Waals surface area contributed by atoms with Crippen LogP contribution in [-0.2, 0) is 6.54 Å². The molecule has 0 amide bonds. The number of anilines is 1. The van der Waals surface area contributed by atoms with Gasteiger partial charge in [-0.3, -0.25) is 10.1 Å². The second-order valence-electron chi connectivity index (χ2n) is 6.50. The molecule has 0 spiro atoms. The van der Waals surface area contributed by atoms with Gasteiger partial charge in [-0.1, -0.05) is 6.07 Å². The molecule has 2 N–H and O–H groups in total. The van der Waals surface area contributed by atoms with Crippen LogP contribution in [0.15, 0.2) is 42.5 Å². The molecule has 0 bridgehead atoms. The zero-order valence-corrected chi connectivity index (χ0v) is 14.7. The summed E-state index contributed by atoms with van der Waals surface area (Å²) in [5.41, 5.74) is 1.67. The highest BCUT2D eigenvalue weighted by atomic mass is 16.6. The molecule has 3 rings (SSSR count). The molecule has 1 aliphatic heterocycles. The number of methoxy groups -OCH3 is 1. The molecule has 0 aliphatic carbocycles. The topological polar surface area (TPSA) is 87.9 Å². The molecule has 0 unspecified atom stereocenters. The number of phenols is 1. The van der Waals surface area contributed by atoms with E-state index in [0.717, 1.165) is 37.5 Å². The van der Waals surface area contributed by atoms with Crippen LogP contribution in [0, 0.1) is 16.0 Å². The van der Waals surface area contributed by atoms with Crippen LogP contribution in [0.25, 0.3) is 0 Å². The summed E-state index contributed by atoms with van der Waals surface area (Å²) >= 11 is 0. The fourth-order valence-electron chi connectivity index (χ4n) is 3.34. The van der Waals surface area contributed by atoms with Crippen LogP contribution in [-0.4, -0.2) is 36.8 Å². The lowest BCUT2D eigenvalue weighted by atomic mass is 10.1. The molecule has 0 aromatic heterocycles. The fraction of sp³-hybridized carbons (Fsp3) is 0.368. The lowest BCUT2D eigenvalue weighted by Crippen LogP contribution is -2.26. The Morgan fingerprint density at radius 1 is 1.35 bits per heavy atom. The summed E-state index contributed by atoms with van der Waals surface area (Å²) in [6, 6.07) is 12.2. The quantitative estimate of drug-likeness (QED) is 0.585. The Morgan fingerprint density at radius 2 is 2.19 bits per heavy atom. The van der Waals surface area contributed by atoms with E-state index in [-0.39, 0.29) is 11.4 Å². The Hall–Kier alpha value is -2.80. The summed E-state index contributed by atoms with van der Waals surface area (Å²) in [6.45, 7) is 3.04. The van der Waals surface area contributed by atoms with Crippen molar-refractivity contribution in [1.29, 1.82) is 0 Å². The minimum absolute atomic E-state index is 0.0275. The average molecular weight is 357 g/mol. The Balaban J connectivity index is 1.54. The number of phenolic OH excluding ortho intramolecular Hbond substituents is 1. The molecule has 2 aromatic rings. The normalized spacial score (nSPS) is 16.7. The van der Waals surface area contributed by atoms with Crippen molar-refractivity contribution < 1.29 is 14.8 Å². The van der Waals surface area contributed by atoms with Crippen LogP contribution < -0.4 is 15.0 Å². The van der Waals surface area contributed by atoms with Gasteiger partial charge >= 0.3 is 0 Å². The van der Waals surface area contributed by atoms with Crippen LogP contribution in [0.3, 0.4) is 0 Å². The first-order chi connectivity index (χ1) is 12.6. The van der Waals surface area contributed by atoms with Gasteiger partial charge < -0.3 is 20.1 Å². The standard InChI is InChI=1S/C19H23N3O4/c1-26-18-4-2-3-16(10-18)21-8-7-14(13-21)11-20-12-15-9-17(23)5-6-19(15)22(24)25/h2-6,9-10,14,20,23H,7-8,11-13H2,1H3/t14-/m1/s1. The van der Waals surface area contributed by atoms with Crippen molar-refractivity contribution in [3.63, 3.8) is 0 Å². The lowest BCUT2D eigenvalue weighted by molar-refractivity contribution is -0.385. The number of ether oxygens (including phenoxy) is 1. The second kappa shape index (κ2) is 8.05. The number of nitrogens with zero attached hydrogens (tertiary/aromatic N) is 2. The maximum atomic E-state index is 11.1. The maximum Gasteiger partial charge on any atom is 0.274 e. The van der Waals surface area contributed by atoms with Gasteiger partial charge in [0.05, 0.1) is 12.0 Å². The number of hydrogen-bond donors (Lipinski definition) is 2. The van der Waals surface area contributed by atoms with E-state index in [1.807, 2.05) is 18.2 Å². The fourth-order valence-corrected chi connectivity index (χ4v) is 3.34. The molecule has 2 aromatic carbocycles. The molecule has 1 atom stereocenters. The van der Waals surface area contributed by atoms with Gasteiger partial charge in [-0.05, 0) is 36.6 Å². The van der Waals surface area contributed by atoms with Crippen LogP contribution in [0.1, 0.15) is 12.0 Å². The van der Waals surface area contributed by atoms with Crippen molar-refractivity contribution in [2.45, 2.75) is 13.0 Å². The Kier molecular flexibility index (Phi) is 5.58. The number of rotatable bonds is 7. The van der Waals surface area contributed by atoms with E-state index in [4.69, 9.17) is 4.74 Å². The van der Waals surface area contributed by atoms with Gasteiger partial charge in [0.15, 0.2) is 0 Å². The van der Waals surface area contributed by atoms with E-state index >= 15 is 0 Å². The summed E-state index contributed by atoms with van der Waals surface area (Å²) in [7, 11) is 1.66. The van der Waals surface area contributed by atoms with Crippen LogP contribution in [0.5, 0.6) is 11.5 Å². The molecule has 26 heavy (non-hydrogen) atoms. The Labute approximate surface area is 152 Å². The van der Waals surface area contributed by atoms with Crippen molar-refractivity contribution >= 4 is 11.4 Å². The SMILES string of the molecule is COc1cccc(N2CC[C@H](CNCc3cc(O)ccc3[N+](=O)[O-])C2)c1. The molecule has 7 nitrogen and oxygen atoms in total. The molecule has 7 heteroatoms. The first-order valence-electron chi connectivity index (χ1n) is 8.63. The highest BCUT2D eigenvalue weighted by Crippen LogP contribution is 2.27. The summed E-state index contributed by atoms with van der Waals surface area (Å²) in [5, 5.41) is 23.9. The van der Waals surface area contributed by atoms with Gasteiger partial charge in [0, 0.05) is 49.6 Å².